The quantitative estimate of drug-likeness (QED) is 0.472. The van der Waals surface area contributed by atoms with Crippen molar-refractivity contribution in [2.75, 3.05) is 11.4 Å². The van der Waals surface area contributed by atoms with Gasteiger partial charge in [0.2, 0.25) is 0 Å². The van der Waals surface area contributed by atoms with Crippen molar-refractivity contribution in [1.29, 1.82) is 5.26 Å². The lowest BCUT2D eigenvalue weighted by atomic mass is 10.1. The van der Waals surface area contributed by atoms with E-state index >= 15 is 0 Å². The average molecular weight is 399 g/mol. The van der Waals surface area contributed by atoms with E-state index < -0.39 is 4.92 Å². The summed E-state index contributed by atoms with van der Waals surface area (Å²) in [6.07, 6.45) is 0.653. The molecule has 1 aliphatic rings. The summed E-state index contributed by atoms with van der Waals surface area (Å²) in [6, 6.07) is 20.7. The van der Waals surface area contributed by atoms with Crippen LogP contribution < -0.4 is 9.64 Å². The van der Waals surface area contributed by atoms with Gasteiger partial charge < -0.3 is 9.64 Å². The van der Waals surface area contributed by atoms with Crippen molar-refractivity contribution in [3.63, 3.8) is 0 Å². The summed E-state index contributed by atoms with van der Waals surface area (Å²) in [6.45, 7) is 0.677. The zero-order valence-corrected chi connectivity index (χ0v) is 15.9. The van der Waals surface area contributed by atoms with E-state index in [1.807, 2.05) is 12.1 Å². The number of nitro benzene ring substituents is 1. The smallest absolute Gasteiger partial charge is 0.271 e. The molecule has 3 aromatic rings. The monoisotopic (exact) mass is 399 g/mol. The maximum atomic E-state index is 13.1. The Morgan fingerprint density at radius 3 is 2.77 bits per heavy atom. The molecule has 0 spiro atoms. The zero-order chi connectivity index (χ0) is 21.1. The summed E-state index contributed by atoms with van der Waals surface area (Å²) in [4.78, 5) is 25.3. The highest BCUT2D eigenvalue weighted by Gasteiger charge is 2.27. The molecule has 1 aliphatic heterocycles. The number of non-ortho nitro benzene ring substituents is 1. The van der Waals surface area contributed by atoms with Gasteiger partial charge in [0.15, 0.2) is 0 Å². The van der Waals surface area contributed by atoms with Crippen molar-refractivity contribution >= 4 is 17.3 Å². The van der Waals surface area contributed by atoms with Crippen LogP contribution in [0, 0.1) is 21.4 Å². The number of rotatable bonds is 5. The minimum atomic E-state index is -0.463. The number of carbonyl (C=O) groups is 1. The highest BCUT2D eigenvalue weighted by Crippen LogP contribution is 2.33. The molecule has 0 saturated carbocycles. The van der Waals surface area contributed by atoms with E-state index in [2.05, 4.69) is 6.07 Å². The number of fused-ring (bicyclic) bond motifs is 1. The number of nitro groups is 1. The predicted molar refractivity (Wildman–Crippen MR) is 110 cm³/mol. The predicted octanol–water partition coefficient (Wildman–Crippen LogP) is 4.25. The fourth-order valence-electron chi connectivity index (χ4n) is 3.48. The molecule has 0 radical (unpaired) electrons. The van der Waals surface area contributed by atoms with E-state index in [-0.39, 0.29) is 18.2 Å². The Bertz CT molecular complexity index is 1180. The van der Waals surface area contributed by atoms with E-state index in [1.165, 1.54) is 12.1 Å². The van der Waals surface area contributed by atoms with Gasteiger partial charge in [0.05, 0.1) is 22.2 Å². The summed E-state index contributed by atoms with van der Waals surface area (Å²) in [5.41, 5.74) is 3.18. The first-order valence-electron chi connectivity index (χ1n) is 9.37. The molecule has 1 heterocycles. The molecule has 0 unspecified atom stereocenters. The summed E-state index contributed by atoms with van der Waals surface area (Å²) in [7, 11) is 0. The molecule has 0 N–H and O–H groups in total. The van der Waals surface area contributed by atoms with Gasteiger partial charge in [-0.1, -0.05) is 30.3 Å². The van der Waals surface area contributed by atoms with Gasteiger partial charge >= 0.3 is 0 Å². The van der Waals surface area contributed by atoms with Crippen molar-refractivity contribution in [1.82, 2.24) is 0 Å². The Balaban J connectivity index is 1.54. The van der Waals surface area contributed by atoms with Gasteiger partial charge in [0.1, 0.15) is 12.4 Å². The van der Waals surface area contributed by atoms with E-state index in [0.717, 1.165) is 11.1 Å². The summed E-state index contributed by atoms with van der Waals surface area (Å²) >= 11 is 0. The third-order valence-corrected chi connectivity index (χ3v) is 5.03. The molecule has 1 amide bonds. The van der Waals surface area contributed by atoms with Crippen LogP contribution in [0.2, 0.25) is 0 Å². The van der Waals surface area contributed by atoms with Gasteiger partial charge in [-0.25, -0.2) is 0 Å². The second-order valence-electron chi connectivity index (χ2n) is 6.86. The maximum absolute atomic E-state index is 13.1. The number of carbonyl (C=O) groups excluding carboxylic acids is 1. The minimum absolute atomic E-state index is 0.0401. The second-order valence-corrected chi connectivity index (χ2v) is 6.86. The van der Waals surface area contributed by atoms with Crippen molar-refractivity contribution < 1.29 is 14.5 Å². The molecule has 30 heavy (non-hydrogen) atoms. The molecular weight excluding hydrogens is 382 g/mol. The van der Waals surface area contributed by atoms with Crippen LogP contribution in [0.3, 0.4) is 0 Å². The molecule has 0 aromatic heterocycles. The van der Waals surface area contributed by atoms with Gasteiger partial charge in [-0.2, -0.15) is 5.26 Å². The third kappa shape index (κ3) is 3.71. The van der Waals surface area contributed by atoms with Crippen LogP contribution in [0.4, 0.5) is 11.4 Å². The summed E-state index contributed by atoms with van der Waals surface area (Å²) in [5.74, 6) is 0.268. The highest BCUT2D eigenvalue weighted by atomic mass is 16.6. The highest BCUT2D eigenvalue weighted by molar-refractivity contribution is 6.07. The van der Waals surface area contributed by atoms with E-state index in [0.29, 0.717) is 35.5 Å². The standard InChI is InChI=1S/C23H17N3O4/c24-14-18-4-1-2-5-19(18)15-30-21-7-3-6-17(12-21)23(27)25-11-10-16-8-9-20(26(28)29)13-22(16)25/h1-9,12-13H,10-11,15H2. The number of anilines is 1. The molecule has 0 atom stereocenters. The maximum Gasteiger partial charge on any atom is 0.271 e. The number of nitrogens with zero attached hydrogens (tertiary/aromatic N) is 3. The van der Waals surface area contributed by atoms with Crippen LogP contribution in [0.1, 0.15) is 27.0 Å². The second kappa shape index (κ2) is 8.05. The summed E-state index contributed by atoms with van der Waals surface area (Å²) in [5, 5.41) is 20.3. The molecule has 148 valence electrons. The molecule has 4 rings (SSSR count). The molecule has 7 nitrogen and oxygen atoms in total. The fourth-order valence-corrected chi connectivity index (χ4v) is 3.48. The number of hydrogen-bond acceptors (Lipinski definition) is 5. The van der Waals surface area contributed by atoms with Crippen LogP contribution in [0.25, 0.3) is 0 Å². The molecule has 3 aromatic carbocycles. The molecule has 0 aliphatic carbocycles. The van der Waals surface area contributed by atoms with E-state index in [4.69, 9.17) is 4.74 Å². The molecule has 0 fully saturated rings. The molecular formula is C23H17N3O4. The van der Waals surface area contributed by atoms with Crippen molar-refractivity contribution in [2.45, 2.75) is 13.0 Å². The van der Waals surface area contributed by atoms with Gasteiger partial charge in [0.25, 0.3) is 11.6 Å². The Kier molecular flexibility index (Phi) is 5.14. The molecule has 0 bridgehead atoms. The van der Waals surface area contributed by atoms with Crippen molar-refractivity contribution in [3.8, 4) is 11.8 Å². The zero-order valence-electron chi connectivity index (χ0n) is 15.9. The molecule has 0 saturated heterocycles. The lowest BCUT2D eigenvalue weighted by Gasteiger charge is -2.18. The largest absolute Gasteiger partial charge is 0.489 e. The average Bonchev–Trinajstić information content (AvgIpc) is 3.20. The van der Waals surface area contributed by atoms with Gasteiger partial charge in [-0.05, 0) is 36.2 Å². The van der Waals surface area contributed by atoms with Crippen LogP contribution in [-0.2, 0) is 13.0 Å². The van der Waals surface area contributed by atoms with Crippen LogP contribution in [0.5, 0.6) is 5.75 Å². The first-order valence-corrected chi connectivity index (χ1v) is 9.37. The number of nitriles is 1. The Labute approximate surface area is 172 Å². The SMILES string of the molecule is N#Cc1ccccc1COc1cccc(C(=O)N2CCc3ccc([N+](=O)[O-])cc32)c1. The van der Waals surface area contributed by atoms with Gasteiger partial charge in [0, 0.05) is 29.8 Å². The number of ether oxygens (including phenoxy) is 1. The van der Waals surface area contributed by atoms with Gasteiger partial charge in [-0.3, -0.25) is 14.9 Å². The van der Waals surface area contributed by atoms with Crippen LogP contribution >= 0.6 is 0 Å². The first kappa shape index (κ1) is 19.2. The Morgan fingerprint density at radius 1 is 1.13 bits per heavy atom. The lowest BCUT2D eigenvalue weighted by molar-refractivity contribution is -0.384. The van der Waals surface area contributed by atoms with E-state index in [1.54, 1.807) is 47.4 Å². The normalized spacial score (nSPS) is 12.2. The number of amides is 1. The van der Waals surface area contributed by atoms with Crippen LogP contribution in [0.15, 0.2) is 66.7 Å². The summed E-state index contributed by atoms with van der Waals surface area (Å²) < 4.78 is 5.80. The molecule has 7 heteroatoms. The van der Waals surface area contributed by atoms with Crippen molar-refractivity contribution in [2.24, 2.45) is 0 Å². The third-order valence-electron chi connectivity index (χ3n) is 5.03. The Hall–Kier alpha value is -4.18. The van der Waals surface area contributed by atoms with E-state index in [9.17, 15) is 20.2 Å². The minimum Gasteiger partial charge on any atom is -0.489 e. The number of benzene rings is 3. The fraction of sp³-hybridized carbons (Fsp3) is 0.130. The lowest BCUT2D eigenvalue weighted by Crippen LogP contribution is -2.28. The van der Waals surface area contributed by atoms with Crippen molar-refractivity contribution in [3.05, 3.63) is 99.1 Å². The number of hydrogen-bond donors (Lipinski definition) is 0. The van der Waals surface area contributed by atoms with Gasteiger partial charge in [-0.15, -0.1) is 0 Å². The topological polar surface area (TPSA) is 96.5 Å². The van der Waals surface area contributed by atoms with Crippen LogP contribution in [-0.4, -0.2) is 17.4 Å². The Morgan fingerprint density at radius 2 is 1.97 bits per heavy atom. The first-order chi connectivity index (χ1) is 14.6.